The SMILES string of the molecule is CC(C)CNC(=O)c1cccc(CS[C@@H]2CCCCNC2=O)c1. The third-order valence-electron chi connectivity index (χ3n) is 3.80. The Morgan fingerprint density at radius 3 is 3.00 bits per heavy atom. The number of thioether (sulfide) groups is 1. The van der Waals surface area contributed by atoms with Gasteiger partial charge >= 0.3 is 0 Å². The number of hydrogen-bond donors (Lipinski definition) is 2. The first kappa shape index (κ1) is 17.9. The van der Waals surface area contributed by atoms with Crippen LogP contribution in [0, 0.1) is 5.92 Å². The second-order valence-corrected chi connectivity index (χ2v) is 7.58. The molecule has 2 rings (SSSR count). The summed E-state index contributed by atoms with van der Waals surface area (Å²) >= 11 is 1.67. The van der Waals surface area contributed by atoms with Gasteiger partial charge in [-0.25, -0.2) is 0 Å². The molecule has 5 heteroatoms. The number of carbonyl (C=O) groups is 2. The van der Waals surface area contributed by atoms with Crippen LogP contribution < -0.4 is 10.6 Å². The van der Waals surface area contributed by atoms with E-state index >= 15 is 0 Å². The van der Waals surface area contributed by atoms with E-state index in [-0.39, 0.29) is 17.1 Å². The number of hydrogen-bond acceptors (Lipinski definition) is 3. The number of amides is 2. The molecule has 0 radical (unpaired) electrons. The zero-order valence-electron chi connectivity index (χ0n) is 13.9. The molecule has 2 amide bonds. The van der Waals surface area contributed by atoms with Gasteiger partial charge in [0.25, 0.3) is 5.91 Å². The first-order valence-corrected chi connectivity index (χ1v) is 9.37. The minimum Gasteiger partial charge on any atom is -0.355 e. The van der Waals surface area contributed by atoms with Crippen LogP contribution in [0.15, 0.2) is 24.3 Å². The van der Waals surface area contributed by atoms with Crippen molar-refractivity contribution in [3.8, 4) is 0 Å². The lowest BCUT2D eigenvalue weighted by atomic mass is 10.1. The second-order valence-electron chi connectivity index (χ2n) is 6.39. The van der Waals surface area contributed by atoms with Gasteiger partial charge in [-0.05, 0) is 36.5 Å². The summed E-state index contributed by atoms with van der Waals surface area (Å²) in [6.45, 7) is 5.62. The van der Waals surface area contributed by atoms with Crippen LogP contribution in [-0.4, -0.2) is 30.2 Å². The quantitative estimate of drug-likeness (QED) is 0.841. The number of nitrogens with one attached hydrogen (secondary N) is 2. The largest absolute Gasteiger partial charge is 0.355 e. The summed E-state index contributed by atoms with van der Waals surface area (Å²) in [5.74, 6) is 1.31. The fraction of sp³-hybridized carbons (Fsp3) is 0.556. The van der Waals surface area contributed by atoms with Gasteiger partial charge in [-0.3, -0.25) is 9.59 Å². The summed E-state index contributed by atoms with van der Waals surface area (Å²) in [5.41, 5.74) is 1.78. The van der Waals surface area contributed by atoms with Gasteiger partial charge < -0.3 is 10.6 Å². The topological polar surface area (TPSA) is 58.2 Å². The van der Waals surface area contributed by atoms with Crippen molar-refractivity contribution in [2.24, 2.45) is 5.92 Å². The third kappa shape index (κ3) is 5.90. The smallest absolute Gasteiger partial charge is 0.251 e. The van der Waals surface area contributed by atoms with Crippen LogP contribution in [0.5, 0.6) is 0 Å². The Morgan fingerprint density at radius 1 is 1.39 bits per heavy atom. The maximum atomic E-state index is 12.1. The predicted octanol–water partition coefficient (Wildman–Crippen LogP) is 2.97. The number of rotatable bonds is 6. The fourth-order valence-corrected chi connectivity index (χ4v) is 3.61. The minimum atomic E-state index is -0.0299. The highest BCUT2D eigenvalue weighted by Crippen LogP contribution is 2.24. The Hall–Kier alpha value is -1.49. The lowest BCUT2D eigenvalue weighted by molar-refractivity contribution is -0.120. The van der Waals surface area contributed by atoms with E-state index in [1.165, 1.54) is 0 Å². The molecule has 0 unspecified atom stereocenters. The molecule has 1 atom stereocenters. The standard InChI is InChI=1S/C18H26N2O2S/c1-13(2)11-20-17(21)15-7-5-6-14(10-15)12-23-16-8-3-4-9-19-18(16)22/h5-7,10,13,16H,3-4,8-9,11-12H2,1-2H3,(H,19,22)(H,20,21)/t16-/m1/s1. The highest BCUT2D eigenvalue weighted by atomic mass is 32.2. The molecule has 0 bridgehead atoms. The summed E-state index contributed by atoms with van der Waals surface area (Å²) in [6.07, 6.45) is 3.09. The Kier molecular flexibility index (Phi) is 6.96. The molecule has 126 valence electrons. The Labute approximate surface area is 142 Å². The van der Waals surface area contributed by atoms with Crippen LogP contribution in [0.25, 0.3) is 0 Å². The predicted molar refractivity (Wildman–Crippen MR) is 95.6 cm³/mol. The summed E-state index contributed by atoms with van der Waals surface area (Å²) in [7, 11) is 0. The molecule has 0 aliphatic carbocycles. The van der Waals surface area contributed by atoms with Gasteiger partial charge in [-0.15, -0.1) is 11.8 Å². The summed E-state index contributed by atoms with van der Waals surface area (Å²) in [6, 6.07) is 7.69. The molecule has 23 heavy (non-hydrogen) atoms. The van der Waals surface area contributed by atoms with E-state index in [1.807, 2.05) is 24.3 Å². The van der Waals surface area contributed by atoms with E-state index in [1.54, 1.807) is 11.8 Å². The molecule has 1 saturated heterocycles. The Morgan fingerprint density at radius 2 is 2.22 bits per heavy atom. The monoisotopic (exact) mass is 334 g/mol. The van der Waals surface area contributed by atoms with Crippen LogP contribution in [0.2, 0.25) is 0 Å². The zero-order chi connectivity index (χ0) is 16.7. The van der Waals surface area contributed by atoms with Crippen LogP contribution in [-0.2, 0) is 10.5 Å². The average Bonchev–Trinajstić information content (AvgIpc) is 2.75. The molecule has 0 spiro atoms. The Balaban J connectivity index is 1.91. The van der Waals surface area contributed by atoms with Crippen LogP contribution in [0.3, 0.4) is 0 Å². The first-order chi connectivity index (χ1) is 11.1. The highest BCUT2D eigenvalue weighted by Gasteiger charge is 2.20. The van der Waals surface area contributed by atoms with E-state index in [0.29, 0.717) is 18.0 Å². The van der Waals surface area contributed by atoms with Crippen LogP contribution in [0.4, 0.5) is 0 Å². The molecule has 1 heterocycles. The van der Waals surface area contributed by atoms with Crippen LogP contribution in [0.1, 0.15) is 49.0 Å². The second kappa shape index (κ2) is 8.96. The van der Waals surface area contributed by atoms with Gasteiger partial charge in [0.15, 0.2) is 0 Å². The summed E-state index contributed by atoms with van der Waals surface area (Å²) in [4.78, 5) is 24.1. The van der Waals surface area contributed by atoms with Gasteiger partial charge in [0.05, 0.1) is 5.25 Å². The normalized spacial score (nSPS) is 18.4. The van der Waals surface area contributed by atoms with Crippen molar-refractivity contribution in [1.29, 1.82) is 0 Å². The molecule has 0 aromatic heterocycles. The molecule has 1 aliphatic rings. The molecule has 4 nitrogen and oxygen atoms in total. The van der Waals surface area contributed by atoms with E-state index in [2.05, 4.69) is 24.5 Å². The molecule has 1 fully saturated rings. The van der Waals surface area contributed by atoms with Gasteiger partial charge in [0.1, 0.15) is 0 Å². The Bertz CT molecular complexity index is 546. The van der Waals surface area contributed by atoms with Crippen molar-refractivity contribution in [3.63, 3.8) is 0 Å². The third-order valence-corrected chi connectivity index (χ3v) is 5.15. The van der Waals surface area contributed by atoms with E-state index in [4.69, 9.17) is 0 Å². The van der Waals surface area contributed by atoms with Crippen molar-refractivity contribution in [1.82, 2.24) is 10.6 Å². The minimum absolute atomic E-state index is 0.0240. The fourth-order valence-electron chi connectivity index (χ4n) is 2.47. The van der Waals surface area contributed by atoms with Crippen molar-refractivity contribution in [2.45, 2.75) is 44.1 Å². The van der Waals surface area contributed by atoms with E-state index < -0.39 is 0 Å². The van der Waals surface area contributed by atoms with Crippen molar-refractivity contribution in [3.05, 3.63) is 35.4 Å². The van der Waals surface area contributed by atoms with E-state index in [0.717, 1.165) is 37.1 Å². The molecule has 0 saturated carbocycles. The van der Waals surface area contributed by atoms with Crippen LogP contribution >= 0.6 is 11.8 Å². The molecule has 1 aromatic rings. The van der Waals surface area contributed by atoms with Gasteiger partial charge in [0, 0.05) is 24.4 Å². The maximum Gasteiger partial charge on any atom is 0.251 e. The summed E-state index contributed by atoms with van der Waals surface area (Å²) < 4.78 is 0. The summed E-state index contributed by atoms with van der Waals surface area (Å²) in [5, 5.41) is 5.92. The lowest BCUT2D eigenvalue weighted by Gasteiger charge is -2.13. The first-order valence-electron chi connectivity index (χ1n) is 8.32. The van der Waals surface area contributed by atoms with Gasteiger partial charge in [0.2, 0.25) is 5.91 Å². The average molecular weight is 334 g/mol. The molecular formula is C18H26N2O2S. The zero-order valence-corrected chi connectivity index (χ0v) is 14.7. The van der Waals surface area contributed by atoms with Crippen molar-refractivity contribution >= 4 is 23.6 Å². The van der Waals surface area contributed by atoms with Gasteiger partial charge in [-0.1, -0.05) is 32.4 Å². The lowest BCUT2D eigenvalue weighted by Crippen LogP contribution is -2.30. The van der Waals surface area contributed by atoms with Crippen molar-refractivity contribution < 1.29 is 9.59 Å². The maximum absolute atomic E-state index is 12.1. The number of benzene rings is 1. The molecule has 1 aromatic carbocycles. The van der Waals surface area contributed by atoms with Crippen molar-refractivity contribution in [2.75, 3.05) is 13.1 Å². The highest BCUT2D eigenvalue weighted by molar-refractivity contribution is 7.99. The molecule has 1 aliphatic heterocycles. The van der Waals surface area contributed by atoms with Gasteiger partial charge in [-0.2, -0.15) is 0 Å². The van der Waals surface area contributed by atoms with E-state index in [9.17, 15) is 9.59 Å². The molecule has 2 N–H and O–H groups in total. The number of carbonyl (C=O) groups excluding carboxylic acids is 2. The molecular weight excluding hydrogens is 308 g/mol.